The molecule has 3 aromatic rings. The molecule has 0 radical (unpaired) electrons. The molecule has 2 unspecified atom stereocenters. The summed E-state index contributed by atoms with van der Waals surface area (Å²) in [6.45, 7) is 7.21. The highest BCUT2D eigenvalue weighted by molar-refractivity contribution is 8.93. The highest BCUT2D eigenvalue weighted by atomic mass is 79.9. The van der Waals surface area contributed by atoms with Gasteiger partial charge in [-0.15, -0.1) is 17.0 Å². The van der Waals surface area contributed by atoms with Gasteiger partial charge in [-0.3, -0.25) is 5.43 Å². The lowest BCUT2D eigenvalue weighted by atomic mass is 9.70. The van der Waals surface area contributed by atoms with E-state index in [9.17, 15) is 0 Å². The Hall–Kier alpha value is -1.72. The Labute approximate surface area is 181 Å². The predicted octanol–water partition coefficient (Wildman–Crippen LogP) is 7.16. The van der Waals surface area contributed by atoms with Crippen LogP contribution in [0.5, 0.6) is 0 Å². The number of thiazole rings is 1. The predicted molar refractivity (Wildman–Crippen MR) is 126 cm³/mol. The standard InChI is InChI=1S/C23H25N3S.BrH/c1-22(2)18-10-11-23(22,3)20(13-18)25-26-21-24-14-19(27-21)17-9-8-15-6-4-5-7-16(15)12-17;/h4-9,12,14,18H,10-11,13H2,1-3H3,(H,24,26);1H. The zero-order valence-electron chi connectivity index (χ0n) is 16.5. The van der Waals surface area contributed by atoms with E-state index >= 15 is 0 Å². The van der Waals surface area contributed by atoms with Crippen molar-refractivity contribution in [1.82, 2.24) is 4.98 Å². The van der Waals surface area contributed by atoms with Gasteiger partial charge in [0.15, 0.2) is 0 Å². The molecule has 0 amide bonds. The van der Waals surface area contributed by atoms with Gasteiger partial charge in [-0.2, -0.15) is 5.10 Å². The van der Waals surface area contributed by atoms with Crippen molar-refractivity contribution in [3.8, 4) is 10.4 Å². The molecule has 0 aliphatic heterocycles. The average molecular weight is 456 g/mol. The Morgan fingerprint density at radius 1 is 1.11 bits per heavy atom. The van der Waals surface area contributed by atoms with Crippen LogP contribution in [0, 0.1) is 16.7 Å². The van der Waals surface area contributed by atoms with E-state index in [1.807, 2.05) is 6.20 Å². The number of hydrogen-bond acceptors (Lipinski definition) is 4. The van der Waals surface area contributed by atoms with Gasteiger partial charge in [-0.05, 0) is 53.0 Å². The molecule has 2 fully saturated rings. The molecule has 28 heavy (non-hydrogen) atoms. The minimum atomic E-state index is 0. The largest absolute Gasteiger partial charge is 0.253 e. The maximum atomic E-state index is 4.82. The van der Waals surface area contributed by atoms with Crippen molar-refractivity contribution in [2.45, 2.75) is 40.0 Å². The molecule has 2 aliphatic rings. The van der Waals surface area contributed by atoms with Gasteiger partial charge in [0, 0.05) is 17.3 Å². The summed E-state index contributed by atoms with van der Waals surface area (Å²) in [5.74, 6) is 0.771. The van der Waals surface area contributed by atoms with E-state index in [1.54, 1.807) is 11.3 Å². The number of halogens is 1. The lowest BCUT2D eigenvalue weighted by molar-refractivity contribution is 0.194. The number of anilines is 1. The first-order valence-electron chi connectivity index (χ1n) is 9.75. The van der Waals surface area contributed by atoms with Gasteiger partial charge in [0.25, 0.3) is 0 Å². The summed E-state index contributed by atoms with van der Waals surface area (Å²) in [6, 6.07) is 15.0. The van der Waals surface area contributed by atoms with Crippen molar-refractivity contribution in [1.29, 1.82) is 0 Å². The number of nitrogens with one attached hydrogen (secondary N) is 1. The van der Waals surface area contributed by atoms with E-state index < -0.39 is 0 Å². The molecule has 1 aromatic heterocycles. The minimum Gasteiger partial charge on any atom is -0.253 e. The van der Waals surface area contributed by atoms with E-state index in [4.69, 9.17) is 5.10 Å². The molecule has 1 heterocycles. The number of aromatic nitrogens is 1. The van der Waals surface area contributed by atoms with Crippen LogP contribution in [0.1, 0.15) is 40.0 Å². The lowest BCUT2D eigenvalue weighted by Crippen LogP contribution is -2.32. The molecule has 146 valence electrons. The second-order valence-corrected chi connectivity index (χ2v) is 9.79. The highest BCUT2D eigenvalue weighted by Crippen LogP contribution is 2.63. The van der Waals surface area contributed by atoms with Gasteiger partial charge in [0.2, 0.25) is 5.13 Å². The van der Waals surface area contributed by atoms with Crippen molar-refractivity contribution >= 4 is 49.9 Å². The first-order chi connectivity index (χ1) is 13.0. The summed E-state index contributed by atoms with van der Waals surface area (Å²) in [6.07, 6.45) is 5.67. The van der Waals surface area contributed by atoms with Crippen LogP contribution in [0.4, 0.5) is 5.13 Å². The Balaban J connectivity index is 0.00000192. The van der Waals surface area contributed by atoms with Gasteiger partial charge in [-0.25, -0.2) is 4.98 Å². The fourth-order valence-corrected chi connectivity index (χ4v) is 5.77. The van der Waals surface area contributed by atoms with Crippen molar-refractivity contribution < 1.29 is 0 Å². The molecule has 0 saturated heterocycles. The van der Waals surface area contributed by atoms with Crippen LogP contribution in [0.15, 0.2) is 53.8 Å². The number of benzene rings is 2. The first kappa shape index (κ1) is 19.6. The Morgan fingerprint density at radius 2 is 1.89 bits per heavy atom. The summed E-state index contributed by atoms with van der Waals surface area (Å²) in [5.41, 5.74) is 6.37. The summed E-state index contributed by atoms with van der Waals surface area (Å²) >= 11 is 1.67. The van der Waals surface area contributed by atoms with Crippen LogP contribution < -0.4 is 5.43 Å². The molecule has 5 rings (SSSR count). The molecule has 2 aromatic carbocycles. The second kappa shape index (κ2) is 6.96. The summed E-state index contributed by atoms with van der Waals surface area (Å²) < 4.78 is 0. The maximum Gasteiger partial charge on any atom is 0.203 e. The monoisotopic (exact) mass is 455 g/mol. The third-order valence-corrected chi connectivity index (χ3v) is 8.29. The van der Waals surface area contributed by atoms with Crippen molar-refractivity contribution in [3.63, 3.8) is 0 Å². The molecule has 2 bridgehead atoms. The number of hydrogen-bond donors (Lipinski definition) is 1. The van der Waals surface area contributed by atoms with E-state index in [0.717, 1.165) is 17.5 Å². The van der Waals surface area contributed by atoms with Crippen LogP contribution >= 0.6 is 28.3 Å². The van der Waals surface area contributed by atoms with Crippen LogP contribution in [-0.2, 0) is 0 Å². The Bertz CT molecular complexity index is 1050. The van der Waals surface area contributed by atoms with Gasteiger partial charge in [0.1, 0.15) is 0 Å². The number of fused-ring (bicyclic) bond motifs is 3. The zero-order valence-corrected chi connectivity index (χ0v) is 19.1. The average Bonchev–Trinajstić information content (AvgIpc) is 3.28. The number of nitrogens with zero attached hydrogens (tertiary/aromatic N) is 2. The first-order valence-corrected chi connectivity index (χ1v) is 10.6. The van der Waals surface area contributed by atoms with Gasteiger partial charge < -0.3 is 0 Å². The fraction of sp³-hybridized carbons (Fsp3) is 0.391. The Morgan fingerprint density at radius 3 is 2.61 bits per heavy atom. The zero-order chi connectivity index (χ0) is 18.6. The van der Waals surface area contributed by atoms with Crippen LogP contribution in [0.3, 0.4) is 0 Å². The molecule has 2 aliphatic carbocycles. The SMILES string of the molecule is Br.CC12CCC(CC1=NNc1ncc(-c3ccc4ccccc4c3)s1)C2(C)C. The molecule has 2 saturated carbocycles. The van der Waals surface area contributed by atoms with E-state index in [2.05, 4.69) is 73.6 Å². The Kier molecular flexibility index (Phi) is 4.87. The molecule has 1 N–H and O–H groups in total. The van der Waals surface area contributed by atoms with E-state index in [-0.39, 0.29) is 22.4 Å². The van der Waals surface area contributed by atoms with E-state index in [0.29, 0.717) is 5.41 Å². The lowest BCUT2D eigenvalue weighted by Gasteiger charge is -2.34. The topological polar surface area (TPSA) is 37.3 Å². The number of hydrazone groups is 1. The third-order valence-electron chi connectivity index (χ3n) is 7.34. The summed E-state index contributed by atoms with van der Waals surface area (Å²) in [5, 5.41) is 8.21. The molecule has 2 atom stereocenters. The highest BCUT2D eigenvalue weighted by Gasteiger charge is 2.59. The van der Waals surface area contributed by atoms with Gasteiger partial charge in [0.05, 0.1) is 4.88 Å². The molecule has 5 heteroatoms. The quantitative estimate of drug-likeness (QED) is 0.425. The van der Waals surface area contributed by atoms with Crippen molar-refractivity contribution in [3.05, 3.63) is 48.7 Å². The molecule has 3 nitrogen and oxygen atoms in total. The van der Waals surface area contributed by atoms with Crippen molar-refractivity contribution in [2.24, 2.45) is 21.8 Å². The van der Waals surface area contributed by atoms with Gasteiger partial charge >= 0.3 is 0 Å². The smallest absolute Gasteiger partial charge is 0.203 e. The maximum absolute atomic E-state index is 4.82. The summed E-state index contributed by atoms with van der Waals surface area (Å²) in [4.78, 5) is 5.72. The minimum absolute atomic E-state index is 0. The molecular formula is C23H26BrN3S. The second-order valence-electron chi connectivity index (χ2n) is 8.76. The van der Waals surface area contributed by atoms with E-state index in [1.165, 1.54) is 39.8 Å². The normalized spacial score (nSPS) is 26.5. The van der Waals surface area contributed by atoms with Crippen LogP contribution in [-0.4, -0.2) is 10.7 Å². The third kappa shape index (κ3) is 2.91. The fourth-order valence-electron chi connectivity index (χ4n) is 5.01. The summed E-state index contributed by atoms with van der Waals surface area (Å²) in [7, 11) is 0. The van der Waals surface area contributed by atoms with Crippen LogP contribution in [0.25, 0.3) is 21.2 Å². The van der Waals surface area contributed by atoms with Crippen LogP contribution in [0.2, 0.25) is 0 Å². The number of rotatable bonds is 3. The molecule has 0 spiro atoms. The molecular weight excluding hydrogens is 430 g/mol. The van der Waals surface area contributed by atoms with Gasteiger partial charge in [-0.1, -0.05) is 68.5 Å². The van der Waals surface area contributed by atoms with Crippen molar-refractivity contribution in [2.75, 3.05) is 5.43 Å².